The van der Waals surface area contributed by atoms with Crippen LogP contribution in [0.25, 0.3) is 0 Å². The molecule has 1 aromatic carbocycles. The Labute approximate surface area is 115 Å². The zero-order chi connectivity index (χ0) is 14.4. The summed E-state index contributed by atoms with van der Waals surface area (Å²) >= 11 is 0. The second-order valence-electron chi connectivity index (χ2n) is 5.23. The quantitative estimate of drug-likeness (QED) is 0.735. The molecule has 4 nitrogen and oxygen atoms in total. The van der Waals surface area contributed by atoms with E-state index in [1.54, 1.807) is 7.05 Å². The standard InChI is InChI=1S/C15H25N3O/c1-10(2)13(8-16)9-18-14-6-5-12(7-11(14)3)15(19)17-4/h5-7,10,13,18H,8-9,16H2,1-4H3,(H,17,19). The first kappa shape index (κ1) is 15.5. The van der Waals surface area contributed by atoms with Crippen molar-refractivity contribution in [3.8, 4) is 0 Å². The molecule has 0 bridgehead atoms. The van der Waals surface area contributed by atoms with E-state index in [1.807, 2.05) is 25.1 Å². The van der Waals surface area contributed by atoms with E-state index in [-0.39, 0.29) is 5.91 Å². The fourth-order valence-electron chi connectivity index (χ4n) is 1.98. The van der Waals surface area contributed by atoms with E-state index in [2.05, 4.69) is 24.5 Å². The van der Waals surface area contributed by atoms with Gasteiger partial charge >= 0.3 is 0 Å². The predicted octanol–water partition coefficient (Wildman–Crippen LogP) is 2.00. The van der Waals surface area contributed by atoms with Gasteiger partial charge in [0, 0.05) is 24.8 Å². The van der Waals surface area contributed by atoms with Crippen molar-refractivity contribution in [2.24, 2.45) is 17.6 Å². The summed E-state index contributed by atoms with van der Waals surface area (Å²) in [5, 5.41) is 6.04. The maximum absolute atomic E-state index is 11.5. The number of amides is 1. The van der Waals surface area contributed by atoms with Gasteiger partial charge in [-0.25, -0.2) is 0 Å². The number of nitrogens with one attached hydrogen (secondary N) is 2. The van der Waals surface area contributed by atoms with Gasteiger partial charge in [0.1, 0.15) is 0 Å². The number of hydrogen-bond donors (Lipinski definition) is 3. The van der Waals surface area contributed by atoms with Crippen LogP contribution in [0.15, 0.2) is 18.2 Å². The Morgan fingerprint density at radius 2 is 2.05 bits per heavy atom. The Morgan fingerprint density at radius 1 is 1.37 bits per heavy atom. The minimum absolute atomic E-state index is 0.0586. The summed E-state index contributed by atoms with van der Waals surface area (Å²) in [4.78, 5) is 11.5. The fraction of sp³-hybridized carbons (Fsp3) is 0.533. The SMILES string of the molecule is CNC(=O)c1ccc(NCC(CN)C(C)C)c(C)c1. The minimum atomic E-state index is -0.0586. The Kier molecular flexibility index (Phi) is 5.83. The molecule has 0 aliphatic carbocycles. The van der Waals surface area contributed by atoms with E-state index in [0.29, 0.717) is 23.9 Å². The molecule has 106 valence electrons. The van der Waals surface area contributed by atoms with Gasteiger partial charge in [-0.15, -0.1) is 0 Å². The number of carbonyl (C=O) groups excluding carboxylic acids is 1. The van der Waals surface area contributed by atoms with Gasteiger partial charge in [-0.3, -0.25) is 4.79 Å². The van der Waals surface area contributed by atoms with Crippen molar-refractivity contribution in [3.05, 3.63) is 29.3 Å². The van der Waals surface area contributed by atoms with Gasteiger partial charge < -0.3 is 16.4 Å². The number of nitrogens with two attached hydrogens (primary N) is 1. The molecule has 0 spiro atoms. The van der Waals surface area contributed by atoms with Crippen LogP contribution in [0.1, 0.15) is 29.8 Å². The van der Waals surface area contributed by atoms with Crippen molar-refractivity contribution in [1.82, 2.24) is 5.32 Å². The van der Waals surface area contributed by atoms with E-state index < -0.39 is 0 Å². The predicted molar refractivity (Wildman–Crippen MR) is 80.4 cm³/mol. The van der Waals surface area contributed by atoms with Crippen LogP contribution in [-0.4, -0.2) is 26.0 Å². The molecule has 1 rings (SSSR count). The molecule has 0 fully saturated rings. The smallest absolute Gasteiger partial charge is 0.251 e. The lowest BCUT2D eigenvalue weighted by Crippen LogP contribution is -2.27. The highest BCUT2D eigenvalue weighted by Gasteiger charge is 2.12. The summed E-state index contributed by atoms with van der Waals surface area (Å²) in [6.07, 6.45) is 0. The molecule has 0 radical (unpaired) electrons. The van der Waals surface area contributed by atoms with Gasteiger partial charge in [-0.1, -0.05) is 13.8 Å². The molecule has 0 aliphatic rings. The number of rotatable bonds is 6. The lowest BCUT2D eigenvalue weighted by Gasteiger charge is -2.21. The largest absolute Gasteiger partial charge is 0.384 e. The van der Waals surface area contributed by atoms with Gasteiger partial charge in [0.05, 0.1) is 0 Å². The van der Waals surface area contributed by atoms with Crippen LogP contribution >= 0.6 is 0 Å². The van der Waals surface area contributed by atoms with Crippen molar-refractivity contribution in [3.63, 3.8) is 0 Å². The molecule has 1 unspecified atom stereocenters. The van der Waals surface area contributed by atoms with E-state index >= 15 is 0 Å². The average Bonchev–Trinajstić information content (AvgIpc) is 2.39. The molecule has 1 atom stereocenters. The maximum Gasteiger partial charge on any atom is 0.251 e. The molecule has 1 aromatic rings. The van der Waals surface area contributed by atoms with E-state index in [0.717, 1.165) is 17.8 Å². The Morgan fingerprint density at radius 3 is 2.53 bits per heavy atom. The number of carbonyl (C=O) groups is 1. The average molecular weight is 263 g/mol. The van der Waals surface area contributed by atoms with Crippen LogP contribution in [-0.2, 0) is 0 Å². The summed E-state index contributed by atoms with van der Waals surface area (Å²) < 4.78 is 0. The summed E-state index contributed by atoms with van der Waals surface area (Å²) in [5.74, 6) is 0.956. The molecule has 0 aromatic heterocycles. The van der Waals surface area contributed by atoms with Gasteiger partial charge in [-0.2, -0.15) is 0 Å². The molecule has 4 N–H and O–H groups in total. The minimum Gasteiger partial charge on any atom is -0.384 e. The van der Waals surface area contributed by atoms with E-state index in [4.69, 9.17) is 5.73 Å². The molecule has 4 heteroatoms. The molecule has 0 saturated carbocycles. The Bertz CT molecular complexity index is 429. The highest BCUT2D eigenvalue weighted by molar-refractivity contribution is 5.94. The maximum atomic E-state index is 11.5. The van der Waals surface area contributed by atoms with Gasteiger partial charge in [0.15, 0.2) is 0 Å². The van der Waals surface area contributed by atoms with Gasteiger partial charge in [0.25, 0.3) is 5.91 Å². The van der Waals surface area contributed by atoms with Gasteiger partial charge in [-0.05, 0) is 49.1 Å². The highest BCUT2D eigenvalue weighted by atomic mass is 16.1. The van der Waals surface area contributed by atoms with Crippen molar-refractivity contribution in [2.45, 2.75) is 20.8 Å². The first-order valence-electron chi connectivity index (χ1n) is 6.76. The van der Waals surface area contributed by atoms with Crippen LogP contribution in [0.4, 0.5) is 5.69 Å². The van der Waals surface area contributed by atoms with Crippen LogP contribution in [0.3, 0.4) is 0 Å². The zero-order valence-electron chi connectivity index (χ0n) is 12.3. The van der Waals surface area contributed by atoms with E-state index in [9.17, 15) is 4.79 Å². The molecular formula is C15H25N3O. The second kappa shape index (κ2) is 7.14. The lowest BCUT2D eigenvalue weighted by molar-refractivity contribution is 0.0963. The summed E-state index contributed by atoms with van der Waals surface area (Å²) in [7, 11) is 1.64. The number of anilines is 1. The third kappa shape index (κ3) is 4.24. The first-order chi connectivity index (χ1) is 8.99. The number of hydrogen-bond acceptors (Lipinski definition) is 3. The third-order valence-corrected chi connectivity index (χ3v) is 3.52. The first-order valence-corrected chi connectivity index (χ1v) is 6.76. The molecule has 0 saturated heterocycles. The third-order valence-electron chi connectivity index (χ3n) is 3.52. The Balaban J connectivity index is 2.72. The molecule has 19 heavy (non-hydrogen) atoms. The van der Waals surface area contributed by atoms with Crippen molar-refractivity contribution >= 4 is 11.6 Å². The van der Waals surface area contributed by atoms with Crippen molar-refractivity contribution < 1.29 is 4.79 Å². The number of benzene rings is 1. The van der Waals surface area contributed by atoms with Crippen LogP contribution in [0.2, 0.25) is 0 Å². The molecule has 1 amide bonds. The zero-order valence-corrected chi connectivity index (χ0v) is 12.3. The summed E-state index contributed by atoms with van der Waals surface area (Å²) in [6.45, 7) is 7.90. The van der Waals surface area contributed by atoms with Crippen LogP contribution in [0.5, 0.6) is 0 Å². The van der Waals surface area contributed by atoms with E-state index in [1.165, 1.54) is 0 Å². The Hall–Kier alpha value is -1.55. The second-order valence-corrected chi connectivity index (χ2v) is 5.23. The summed E-state index contributed by atoms with van der Waals surface area (Å²) in [6, 6.07) is 5.68. The van der Waals surface area contributed by atoms with Crippen LogP contribution in [0, 0.1) is 18.8 Å². The fourth-order valence-corrected chi connectivity index (χ4v) is 1.98. The molecule has 0 heterocycles. The van der Waals surface area contributed by atoms with Gasteiger partial charge in [0.2, 0.25) is 0 Å². The highest BCUT2D eigenvalue weighted by Crippen LogP contribution is 2.18. The number of aryl methyl sites for hydroxylation is 1. The van der Waals surface area contributed by atoms with Crippen molar-refractivity contribution in [1.29, 1.82) is 0 Å². The molecule has 0 aliphatic heterocycles. The molecular weight excluding hydrogens is 238 g/mol. The van der Waals surface area contributed by atoms with Crippen LogP contribution < -0.4 is 16.4 Å². The lowest BCUT2D eigenvalue weighted by atomic mass is 9.96. The monoisotopic (exact) mass is 263 g/mol. The topological polar surface area (TPSA) is 67.2 Å². The van der Waals surface area contributed by atoms with Crippen molar-refractivity contribution in [2.75, 3.05) is 25.5 Å². The normalized spacial score (nSPS) is 12.3. The summed E-state index contributed by atoms with van der Waals surface area (Å²) in [5.41, 5.74) is 8.58.